The molecule has 0 spiro atoms. The highest BCUT2D eigenvalue weighted by Crippen LogP contribution is 2.27. The molecule has 0 aromatic carbocycles. The molecule has 4 heteroatoms. The standard InChI is InChI=1S/C10H19N3S/c1-4-10(2,3)8(13-11)7-9-12-5-6-14-9/h5-6,8,13H,4,7,11H2,1-3H3. The van der Waals surface area contributed by atoms with Crippen LogP contribution in [0.5, 0.6) is 0 Å². The molecule has 0 amide bonds. The zero-order chi connectivity index (χ0) is 10.6. The average Bonchev–Trinajstić information content (AvgIpc) is 2.66. The lowest BCUT2D eigenvalue weighted by Gasteiger charge is -2.32. The smallest absolute Gasteiger partial charge is 0.0941 e. The first kappa shape index (κ1) is 11.6. The molecule has 0 bridgehead atoms. The van der Waals surface area contributed by atoms with E-state index in [1.807, 2.05) is 11.6 Å². The zero-order valence-electron chi connectivity index (χ0n) is 9.08. The maximum Gasteiger partial charge on any atom is 0.0941 e. The predicted molar refractivity (Wildman–Crippen MR) is 61.0 cm³/mol. The Balaban J connectivity index is 2.64. The summed E-state index contributed by atoms with van der Waals surface area (Å²) in [6.45, 7) is 6.64. The number of nitrogens with zero attached hydrogens (tertiary/aromatic N) is 1. The number of hydrazine groups is 1. The SMILES string of the molecule is CCC(C)(C)C(Cc1nccs1)NN. The molecule has 0 radical (unpaired) electrons. The van der Waals surface area contributed by atoms with Crippen LogP contribution < -0.4 is 11.3 Å². The van der Waals surface area contributed by atoms with Gasteiger partial charge in [0.2, 0.25) is 0 Å². The first-order chi connectivity index (χ1) is 6.60. The van der Waals surface area contributed by atoms with Gasteiger partial charge in [0.1, 0.15) is 0 Å². The highest BCUT2D eigenvalue weighted by atomic mass is 32.1. The highest BCUT2D eigenvalue weighted by Gasteiger charge is 2.27. The van der Waals surface area contributed by atoms with Crippen molar-refractivity contribution in [1.82, 2.24) is 10.4 Å². The Morgan fingerprint density at radius 1 is 1.64 bits per heavy atom. The van der Waals surface area contributed by atoms with Gasteiger partial charge >= 0.3 is 0 Å². The van der Waals surface area contributed by atoms with E-state index in [2.05, 4.69) is 31.2 Å². The van der Waals surface area contributed by atoms with Crippen LogP contribution in [0.4, 0.5) is 0 Å². The fourth-order valence-corrected chi connectivity index (χ4v) is 2.00. The fraction of sp³-hybridized carbons (Fsp3) is 0.700. The Kier molecular flexibility index (Phi) is 4.04. The van der Waals surface area contributed by atoms with Crippen LogP contribution in [-0.4, -0.2) is 11.0 Å². The lowest BCUT2D eigenvalue weighted by Crippen LogP contribution is -2.46. The summed E-state index contributed by atoms with van der Waals surface area (Å²) in [5, 5.41) is 3.15. The van der Waals surface area contributed by atoms with Crippen molar-refractivity contribution in [2.45, 2.75) is 39.7 Å². The van der Waals surface area contributed by atoms with E-state index in [1.54, 1.807) is 11.3 Å². The normalized spacial score (nSPS) is 14.3. The second-order valence-electron chi connectivity index (χ2n) is 4.19. The van der Waals surface area contributed by atoms with Crippen molar-refractivity contribution in [2.24, 2.45) is 11.3 Å². The molecule has 1 unspecified atom stereocenters. The van der Waals surface area contributed by atoms with Crippen LogP contribution in [0.2, 0.25) is 0 Å². The van der Waals surface area contributed by atoms with Crippen molar-refractivity contribution in [2.75, 3.05) is 0 Å². The molecule has 0 aliphatic rings. The molecular weight excluding hydrogens is 194 g/mol. The summed E-state index contributed by atoms with van der Waals surface area (Å²) in [4.78, 5) is 4.27. The molecule has 14 heavy (non-hydrogen) atoms. The van der Waals surface area contributed by atoms with Gasteiger partial charge in [-0.3, -0.25) is 11.3 Å². The number of hydrogen-bond acceptors (Lipinski definition) is 4. The largest absolute Gasteiger partial charge is 0.271 e. The summed E-state index contributed by atoms with van der Waals surface area (Å²) in [7, 11) is 0. The van der Waals surface area contributed by atoms with Crippen molar-refractivity contribution < 1.29 is 0 Å². The Morgan fingerprint density at radius 2 is 2.36 bits per heavy atom. The second kappa shape index (κ2) is 4.87. The maximum absolute atomic E-state index is 5.58. The topological polar surface area (TPSA) is 50.9 Å². The van der Waals surface area contributed by atoms with Crippen molar-refractivity contribution >= 4 is 11.3 Å². The number of rotatable bonds is 5. The van der Waals surface area contributed by atoms with Gasteiger partial charge in [-0.05, 0) is 11.8 Å². The Morgan fingerprint density at radius 3 is 2.79 bits per heavy atom. The van der Waals surface area contributed by atoms with E-state index in [0.29, 0.717) is 6.04 Å². The third kappa shape index (κ3) is 2.77. The van der Waals surface area contributed by atoms with Gasteiger partial charge in [-0.25, -0.2) is 4.98 Å². The maximum atomic E-state index is 5.58. The van der Waals surface area contributed by atoms with Crippen molar-refractivity contribution in [1.29, 1.82) is 0 Å². The molecule has 0 saturated heterocycles. The molecular formula is C10H19N3S. The minimum absolute atomic E-state index is 0.209. The monoisotopic (exact) mass is 213 g/mol. The molecule has 3 N–H and O–H groups in total. The third-order valence-corrected chi connectivity index (χ3v) is 3.72. The van der Waals surface area contributed by atoms with Crippen molar-refractivity contribution in [3.63, 3.8) is 0 Å². The Labute approximate surface area is 89.7 Å². The summed E-state index contributed by atoms with van der Waals surface area (Å²) >= 11 is 1.69. The average molecular weight is 213 g/mol. The second-order valence-corrected chi connectivity index (χ2v) is 5.17. The first-order valence-electron chi connectivity index (χ1n) is 4.94. The molecule has 0 fully saturated rings. The van der Waals surface area contributed by atoms with Gasteiger partial charge in [-0.2, -0.15) is 0 Å². The van der Waals surface area contributed by atoms with Gasteiger partial charge in [-0.15, -0.1) is 11.3 Å². The summed E-state index contributed by atoms with van der Waals surface area (Å²) in [6.07, 6.45) is 3.86. The first-order valence-corrected chi connectivity index (χ1v) is 5.82. The molecule has 80 valence electrons. The van der Waals surface area contributed by atoms with Crippen LogP contribution in [-0.2, 0) is 6.42 Å². The van der Waals surface area contributed by atoms with Gasteiger partial charge in [-0.1, -0.05) is 20.8 Å². The quantitative estimate of drug-likeness (QED) is 0.580. The summed E-state index contributed by atoms with van der Waals surface area (Å²) in [6, 6.07) is 0.290. The van der Waals surface area contributed by atoms with Crippen LogP contribution in [0.15, 0.2) is 11.6 Å². The van der Waals surface area contributed by atoms with Gasteiger partial charge in [0.25, 0.3) is 0 Å². The van der Waals surface area contributed by atoms with Gasteiger partial charge in [0.15, 0.2) is 0 Å². The molecule has 0 aliphatic heterocycles. The van der Waals surface area contributed by atoms with Crippen LogP contribution in [0.1, 0.15) is 32.2 Å². The predicted octanol–water partition coefficient (Wildman–Crippen LogP) is 1.95. The van der Waals surface area contributed by atoms with Crippen molar-refractivity contribution in [3.8, 4) is 0 Å². The molecule has 1 rings (SSSR count). The molecule has 0 aliphatic carbocycles. The fourth-order valence-electron chi connectivity index (χ4n) is 1.34. The number of hydrogen-bond donors (Lipinski definition) is 2. The van der Waals surface area contributed by atoms with E-state index in [4.69, 9.17) is 5.84 Å². The van der Waals surface area contributed by atoms with E-state index < -0.39 is 0 Å². The number of nitrogens with two attached hydrogens (primary N) is 1. The van der Waals surface area contributed by atoms with E-state index in [0.717, 1.165) is 17.8 Å². The zero-order valence-corrected chi connectivity index (χ0v) is 9.90. The molecule has 3 nitrogen and oxygen atoms in total. The molecule has 1 atom stereocenters. The lowest BCUT2D eigenvalue weighted by molar-refractivity contribution is 0.231. The van der Waals surface area contributed by atoms with Crippen LogP contribution in [0.25, 0.3) is 0 Å². The van der Waals surface area contributed by atoms with Gasteiger partial charge in [0.05, 0.1) is 5.01 Å². The Bertz CT molecular complexity index is 256. The number of aromatic nitrogens is 1. The number of nitrogens with one attached hydrogen (secondary N) is 1. The highest BCUT2D eigenvalue weighted by molar-refractivity contribution is 7.09. The summed E-state index contributed by atoms with van der Waals surface area (Å²) in [5.41, 5.74) is 3.11. The van der Waals surface area contributed by atoms with Gasteiger partial charge in [0, 0.05) is 24.0 Å². The van der Waals surface area contributed by atoms with E-state index >= 15 is 0 Å². The molecule has 1 heterocycles. The molecule has 1 aromatic rings. The lowest BCUT2D eigenvalue weighted by atomic mass is 9.81. The van der Waals surface area contributed by atoms with Crippen molar-refractivity contribution in [3.05, 3.63) is 16.6 Å². The van der Waals surface area contributed by atoms with Crippen LogP contribution in [0.3, 0.4) is 0 Å². The van der Waals surface area contributed by atoms with E-state index in [-0.39, 0.29) is 5.41 Å². The van der Waals surface area contributed by atoms with E-state index in [1.165, 1.54) is 0 Å². The Hall–Kier alpha value is -0.450. The van der Waals surface area contributed by atoms with Gasteiger partial charge < -0.3 is 0 Å². The minimum atomic E-state index is 0.209. The molecule has 1 aromatic heterocycles. The van der Waals surface area contributed by atoms with Crippen LogP contribution in [0, 0.1) is 5.41 Å². The summed E-state index contributed by atoms with van der Waals surface area (Å²) < 4.78 is 0. The third-order valence-electron chi connectivity index (χ3n) is 2.92. The van der Waals surface area contributed by atoms with E-state index in [9.17, 15) is 0 Å². The van der Waals surface area contributed by atoms with Crippen LogP contribution >= 0.6 is 11.3 Å². The number of thiazole rings is 1. The molecule has 0 saturated carbocycles. The summed E-state index contributed by atoms with van der Waals surface area (Å²) in [5.74, 6) is 5.58. The minimum Gasteiger partial charge on any atom is -0.271 e.